The molecule has 0 aliphatic heterocycles. The highest BCUT2D eigenvalue weighted by molar-refractivity contribution is 6.21. The zero-order valence-corrected chi connectivity index (χ0v) is 33.1. The van der Waals surface area contributed by atoms with Crippen molar-refractivity contribution in [1.29, 1.82) is 0 Å². The minimum Gasteiger partial charge on any atom is -0.292 e. The zero-order chi connectivity index (χ0) is 39.7. The highest BCUT2D eigenvalue weighted by atomic mass is 15.1. The summed E-state index contributed by atoms with van der Waals surface area (Å²) in [5.74, 6) is 0.941. The van der Waals surface area contributed by atoms with Crippen LogP contribution in [-0.2, 0) is 0 Å². The van der Waals surface area contributed by atoms with Gasteiger partial charge in [-0.2, -0.15) is 0 Å². The molecule has 1 heterocycles. The summed E-state index contributed by atoms with van der Waals surface area (Å²) in [5, 5.41) is 12.7. The number of aryl methyl sites for hydroxylation is 1. The maximum absolute atomic E-state index is 5.07. The standard InChI is InChI=1S/C58H38N2/c1-37-10-7-11-39-22-23-41-13-9-17-52(57(41)55(37)39)51-16-8-12-40-24-31-48-36-47(32-33-50(48)56(40)51)46-30-29-44-34-43(27-28-45(44)35-46)38-20-25-42(26-21-38)58-59-53-18-5-6-19-54(53)60(58)49-14-3-2-4-15-49/h2-36H,1H3. The van der Waals surface area contributed by atoms with E-state index in [0.29, 0.717) is 0 Å². The predicted molar refractivity (Wildman–Crippen MR) is 255 cm³/mol. The molecule has 0 radical (unpaired) electrons. The molecule has 2 heteroatoms. The number of rotatable bonds is 5. The van der Waals surface area contributed by atoms with Gasteiger partial charge < -0.3 is 0 Å². The van der Waals surface area contributed by atoms with E-state index in [2.05, 4.69) is 218 Å². The Morgan fingerprint density at radius 1 is 0.350 bits per heavy atom. The molecule has 0 bridgehead atoms. The molecule has 0 saturated carbocycles. The van der Waals surface area contributed by atoms with Crippen molar-refractivity contribution in [1.82, 2.24) is 9.55 Å². The summed E-state index contributed by atoms with van der Waals surface area (Å²) < 4.78 is 2.25. The maximum Gasteiger partial charge on any atom is 0.145 e. The van der Waals surface area contributed by atoms with E-state index >= 15 is 0 Å². The van der Waals surface area contributed by atoms with Gasteiger partial charge in [0.2, 0.25) is 0 Å². The lowest BCUT2D eigenvalue weighted by Gasteiger charge is -2.16. The number of fused-ring (bicyclic) bond motifs is 8. The lowest BCUT2D eigenvalue weighted by Crippen LogP contribution is -1.97. The largest absolute Gasteiger partial charge is 0.292 e. The van der Waals surface area contributed by atoms with Crippen molar-refractivity contribution in [3.63, 3.8) is 0 Å². The van der Waals surface area contributed by atoms with E-state index in [1.165, 1.54) is 92.8 Å². The summed E-state index contributed by atoms with van der Waals surface area (Å²) in [6, 6.07) is 77.5. The Morgan fingerprint density at radius 2 is 0.867 bits per heavy atom. The van der Waals surface area contributed by atoms with Gasteiger partial charge in [-0.15, -0.1) is 0 Å². The fourth-order valence-corrected chi connectivity index (χ4v) is 9.56. The molecule has 60 heavy (non-hydrogen) atoms. The minimum atomic E-state index is 0.941. The van der Waals surface area contributed by atoms with Crippen LogP contribution < -0.4 is 0 Å². The first kappa shape index (κ1) is 34.3. The molecule has 0 aliphatic carbocycles. The molecule has 2 nitrogen and oxygen atoms in total. The topological polar surface area (TPSA) is 17.8 Å². The zero-order valence-electron chi connectivity index (χ0n) is 33.1. The predicted octanol–water partition coefficient (Wildman–Crippen LogP) is 15.8. The lowest BCUT2D eigenvalue weighted by atomic mass is 9.88. The van der Waals surface area contributed by atoms with Crippen molar-refractivity contribution in [3.05, 3.63) is 218 Å². The summed E-state index contributed by atoms with van der Waals surface area (Å²) in [4.78, 5) is 5.07. The number of hydrogen-bond donors (Lipinski definition) is 0. The molecule has 11 aromatic carbocycles. The lowest BCUT2D eigenvalue weighted by molar-refractivity contribution is 1.10. The fourth-order valence-electron chi connectivity index (χ4n) is 9.56. The Kier molecular flexibility index (Phi) is 7.79. The Labute approximate surface area is 348 Å². The molecular weight excluding hydrogens is 725 g/mol. The molecule has 0 saturated heterocycles. The average Bonchev–Trinajstić information content (AvgIpc) is 3.71. The van der Waals surface area contributed by atoms with Gasteiger partial charge in [-0.1, -0.05) is 170 Å². The number of aromatic nitrogens is 2. The second kappa shape index (κ2) is 13.7. The third-order valence-corrected chi connectivity index (χ3v) is 12.5. The molecule has 12 aromatic rings. The average molecular weight is 763 g/mol. The van der Waals surface area contributed by atoms with Crippen LogP contribution in [0.4, 0.5) is 0 Å². The highest BCUT2D eigenvalue weighted by Crippen LogP contribution is 2.42. The van der Waals surface area contributed by atoms with Crippen LogP contribution in [0.5, 0.6) is 0 Å². The molecule has 280 valence electrons. The second-order valence-corrected chi connectivity index (χ2v) is 16.0. The van der Waals surface area contributed by atoms with E-state index in [4.69, 9.17) is 4.98 Å². The third-order valence-electron chi connectivity index (χ3n) is 12.5. The van der Waals surface area contributed by atoms with Crippen LogP contribution in [-0.4, -0.2) is 9.55 Å². The van der Waals surface area contributed by atoms with E-state index in [1.807, 2.05) is 6.07 Å². The first-order chi connectivity index (χ1) is 29.6. The van der Waals surface area contributed by atoms with E-state index in [1.54, 1.807) is 0 Å². The molecule has 0 atom stereocenters. The highest BCUT2D eigenvalue weighted by Gasteiger charge is 2.16. The summed E-state index contributed by atoms with van der Waals surface area (Å²) in [5.41, 5.74) is 12.9. The minimum absolute atomic E-state index is 0.941. The molecule has 12 rings (SSSR count). The first-order valence-electron chi connectivity index (χ1n) is 20.7. The SMILES string of the molecule is Cc1cccc2ccc3cccc(-c4cccc5ccc6cc(-c7ccc8cc(-c9ccc(-c%10nc%11ccccc%11n%10-c%10ccccc%10)cc9)ccc8c7)ccc6c45)c3c12. The molecular formula is C58H38N2. The molecule has 1 aromatic heterocycles. The number of hydrogen-bond acceptors (Lipinski definition) is 1. The third kappa shape index (κ3) is 5.53. The van der Waals surface area contributed by atoms with Gasteiger partial charge in [-0.05, 0) is 142 Å². The normalized spacial score (nSPS) is 11.8. The van der Waals surface area contributed by atoms with E-state index in [9.17, 15) is 0 Å². The Balaban J connectivity index is 0.891. The summed E-state index contributed by atoms with van der Waals surface area (Å²) >= 11 is 0. The van der Waals surface area contributed by atoms with Gasteiger partial charge in [-0.3, -0.25) is 4.57 Å². The van der Waals surface area contributed by atoms with Crippen LogP contribution >= 0.6 is 0 Å². The van der Waals surface area contributed by atoms with E-state index in [0.717, 1.165) is 28.1 Å². The number of para-hydroxylation sites is 3. The van der Waals surface area contributed by atoms with Crippen molar-refractivity contribution >= 4 is 64.9 Å². The van der Waals surface area contributed by atoms with Crippen LogP contribution in [0.1, 0.15) is 5.56 Å². The van der Waals surface area contributed by atoms with Crippen molar-refractivity contribution in [2.75, 3.05) is 0 Å². The van der Waals surface area contributed by atoms with Crippen LogP contribution in [0, 0.1) is 6.92 Å². The number of nitrogens with zero attached hydrogens (tertiary/aromatic N) is 2. The van der Waals surface area contributed by atoms with Crippen LogP contribution in [0.3, 0.4) is 0 Å². The smallest absolute Gasteiger partial charge is 0.145 e. The molecule has 0 aliphatic rings. The Morgan fingerprint density at radius 3 is 1.60 bits per heavy atom. The second-order valence-electron chi connectivity index (χ2n) is 16.0. The monoisotopic (exact) mass is 762 g/mol. The number of imidazole rings is 1. The summed E-state index contributed by atoms with van der Waals surface area (Å²) in [7, 11) is 0. The first-order valence-corrected chi connectivity index (χ1v) is 20.7. The van der Waals surface area contributed by atoms with Gasteiger partial charge in [0, 0.05) is 11.3 Å². The van der Waals surface area contributed by atoms with Gasteiger partial charge in [-0.25, -0.2) is 4.98 Å². The Bertz CT molecular complexity index is 3650. The summed E-state index contributed by atoms with van der Waals surface area (Å²) in [6.45, 7) is 2.23. The van der Waals surface area contributed by atoms with Crippen molar-refractivity contribution < 1.29 is 0 Å². The van der Waals surface area contributed by atoms with Crippen LogP contribution in [0.25, 0.3) is 115 Å². The fraction of sp³-hybridized carbons (Fsp3) is 0.0172. The van der Waals surface area contributed by atoms with Crippen LogP contribution in [0.15, 0.2) is 212 Å². The molecule has 0 N–H and O–H groups in total. The van der Waals surface area contributed by atoms with Gasteiger partial charge in [0.15, 0.2) is 0 Å². The van der Waals surface area contributed by atoms with Gasteiger partial charge in [0.1, 0.15) is 5.82 Å². The van der Waals surface area contributed by atoms with E-state index in [-0.39, 0.29) is 0 Å². The quantitative estimate of drug-likeness (QED) is 0.160. The Hall–Kier alpha value is -7.81. The van der Waals surface area contributed by atoms with E-state index < -0.39 is 0 Å². The van der Waals surface area contributed by atoms with Crippen molar-refractivity contribution in [3.8, 4) is 50.5 Å². The molecule has 0 fully saturated rings. The number of benzene rings is 11. The molecule has 0 spiro atoms. The maximum atomic E-state index is 5.07. The molecule has 0 unspecified atom stereocenters. The van der Waals surface area contributed by atoms with Gasteiger partial charge in [0.25, 0.3) is 0 Å². The summed E-state index contributed by atoms with van der Waals surface area (Å²) in [6.07, 6.45) is 0. The molecule has 0 amide bonds. The van der Waals surface area contributed by atoms with Gasteiger partial charge in [0.05, 0.1) is 11.0 Å². The van der Waals surface area contributed by atoms with Crippen LogP contribution in [0.2, 0.25) is 0 Å². The van der Waals surface area contributed by atoms with Crippen molar-refractivity contribution in [2.45, 2.75) is 6.92 Å². The van der Waals surface area contributed by atoms with Crippen molar-refractivity contribution in [2.24, 2.45) is 0 Å². The van der Waals surface area contributed by atoms with Gasteiger partial charge >= 0.3 is 0 Å².